The zero-order valence-corrected chi connectivity index (χ0v) is 14.9. The Morgan fingerprint density at radius 3 is 2.17 bits per heavy atom. The summed E-state index contributed by atoms with van der Waals surface area (Å²) in [7, 11) is 0. The van der Waals surface area contributed by atoms with Crippen LogP contribution in [0.25, 0.3) is 0 Å². The van der Waals surface area contributed by atoms with Gasteiger partial charge in [-0.3, -0.25) is 4.79 Å². The van der Waals surface area contributed by atoms with Gasteiger partial charge < -0.3 is 5.21 Å². The highest BCUT2D eigenvalue weighted by atomic mass is 32.2. The molecule has 23 heavy (non-hydrogen) atoms. The van der Waals surface area contributed by atoms with E-state index in [9.17, 15) is 10.0 Å². The third kappa shape index (κ3) is 4.14. The molecule has 0 amide bonds. The van der Waals surface area contributed by atoms with Crippen LogP contribution in [-0.2, 0) is 0 Å². The van der Waals surface area contributed by atoms with E-state index in [-0.39, 0.29) is 11.5 Å². The van der Waals surface area contributed by atoms with Crippen LogP contribution >= 0.6 is 11.8 Å². The molecular formula is C19H23NO2S. The Morgan fingerprint density at radius 2 is 1.65 bits per heavy atom. The van der Waals surface area contributed by atoms with Crippen LogP contribution in [0.1, 0.15) is 61.0 Å². The predicted octanol–water partition coefficient (Wildman–Crippen LogP) is 4.54. The summed E-state index contributed by atoms with van der Waals surface area (Å²) < 4.78 is 0.801. The van der Waals surface area contributed by atoms with Gasteiger partial charge in [0.15, 0.2) is 12.0 Å². The van der Waals surface area contributed by atoms with E-state index in [1.165, 1.54) is 18.0 Å². The van der Waals surface area contributed by atoms with Gasteiger partial charge in [0.25, 0.3) is 5.03 Å². The highest BCUT2D eigenvalue weighted by Gasteiger charge is 2.20. The smallest absolute Gasteiger partial charge is 0.251 e. The second kappa shape index (κ2) is 7.64. The van der Waals surface area contributed by atoms with E-state index in [1.807, 2.05) is 24.3 Å². The molecule has 3 nitrogen and oxygen atoms in total. The quantitative estimate of drug-likeness (QED) is 0.338. The topological polar surface area (TPSA) is 44.0 Å². The number of hydrogen-bond acceptors (Lipinski definition) is 3. The average Bonchev–Trinajstić information content (AvgIpc) is 2.52. The minimum atomic E-state index is 0.0897. The number of thioether (sulfide) groups is 1. The van der Waals surface area contributed by atoms with Gasteiger partial charge in [-0.05, 0) is 40.8 Å². The lowest BCUT2D eigenvalue weighted by atomic mass is 9.87. The Kier molecular flexibility index (Phi) is 5.83. The number of rotatable bonds is 6. The number of aromatic nitrogens is 1. The zero-order valence-electron chi connectivity index (χ0n) is 14.1. The number of pyridine rings is 1. The molecule has 0 spiro atoms. The van der Waals surface area contributed by atoms with Crippen LogP contribution in [0.2, 0.25) is 0 Å². The second-order valence-electron chi connectivity index (χ2n) is 6.20. The fraction of sp³-hybridized carbons (Fsp3) is 0.368. The minimum absolute atomic E-state index is 0.0897. The Morgan fingerprint density at radius 1 is 1.04 bits per heavy atom. The van der Waals surface area contributed by atoms with Crippen LogP contribution in [0.4, 0.5) is 0 Å². The van der Waals surface area contributed by atoms with Crippen LogP contribution in [0.5, 0.6) is 0 Å². The maximum Gasteiger partial charge on any atom is 0.251 e. The van der Waals surface area contributed by atoms with Gasteiger partial charge in [0.2, 0.25) is 0 Å². The Labute approximate surface area is 142 Å². The highest BCUT2D eigenvalue weighted by Crippen LogP contribution is 2.29. The highest BCUT2D eigenvalue weighted by molar-refractivity contribution is 7.99. The summed E-state index contributed by atoms with van der Waals surface area (Å²) in [5.41, 5.74) is 3.01. The van der Waals surface area contributed by atoms with Crippen LogP contribution in [-0.4, -0.2) is 11.5 Å². The minimum Gasteiger partial charge on any atom is -0.618 e. The first kappa shape index (κ1) is 17.5. The second-order valence-corrected chi connectivity index (χ2v) is 7.19. The molecule has 0 bridgehead atoms. The number of hydrogen-bond donors (Lipinski definition) is 0. The lowest BCUT2D eigenvalue weighted by molar-refractivity contribution is -0.645. The van der Waals surface area contributed by atoms with Crippen molar-refractivity contribution < 1.29 is 9.52 Å². The summed E-state index contributed by atoms with van der Waals surface area (Å²) in [5, 5.41) is 12.3. The van der Waals surface area contributed by atoms with Crippen LogP contribution in [0.15, 0.2) is 47.6 Å². The van der Waals surface area contributed by atoms with Crippen LogP contribution in [0.3, 0.4) is 0 Å². The maximum atomic E-state index is 12.8. The van der Waals surface area contributed by atoms with Gasteiger partial charge >= 0.3 is 0 Å². The van der Waals surface area contributed by atoms with Crippen molar-refractivity contribution in [1.82, 2.24) is 0 Å². The van der Waals surface area contributed by atoms with E-state index >= 15 is 0 Å². The van der Waals surface area contributed by atoms with Gasteiger partial charge in [0.05, 0.1) is 5.75 Å². The summed E-state index contributed by atoms with van der Waals surface area (Å²) in [6, 6.07) is 11.3. The van der Waals surface area contributed by atoms with Crippen molar-refractivity contribution >= 4 is 17.5 Å². The van der Waals surface area contributed by atoms with E-state index in [2.05, 4.69) is 27.7 Å². The molecule has 0 saturated carbocycles. The third-order valence-electron chi connectivity index (χ3n) is 3.79. The molecule has 0 N–H and O–H groups in total. The van der Waals surface area contributed by atoms with Crippen molar-refractivity contribution in [2.24, 2.45) is 0 Å². The van der Waals surface area contributed by atoms with Crippen molar-refractivity contribution in [3.05, 3.63) is 64.5 Å². The van der Waals surface area contributed by atoms with Gasteiger partial charge in [-0.15, -0.1) is 0 Å². The Hall–Kier alpha value is -1.81. The fourth-order valence-electron chi connectivity index (χ4n) is 2.61. The van der Waals surface area contributed by atoms with E-state index in [4.69, 9.17) is 0 Å². The average molecular weight is 329 g/mol. The number of nitrogens with zero attached hydrogens (tertiary/aromatic N) is 1. The molecule has 0 unspecified atom stereocenters. The zero-order chi connectivity index (χ0) is 17.0. The molecule has 1 aromatic heterocycles. The number of carbonyl (C=O) groups excluding carboxylic acids is 1. The van der Waals surface area contributed by atoms with Crippen molar-refractivity contribution in [2.75, 3.05) is 5.75 Å². The number of benzene rings is 1. The maximum absolute atomic E-state index is 12.8. The molecule has 0 aliphatic rings. The van der Waals surface area contributed by atoms with Gasteiger partial charge in [0.1, 0.15) is 0 Å². The van der Waals surface area contributed by atoms with E-state index < -0.39 is 0 Å². The first-order valence-electron chi connectivity index (χ1n) is 7.88. The molecule has 2 aromatic rings. The van der Waals surface area contributed by atoms with Crippen molar-refractivity contribution in [3.8, 4) is 0 Å². The Balaban J connectivity index is 2.29. The summed E-state index contributed by atoms with van der Waals surface area (Å²) >= 11 is 1.29. The summed E-state index contributed by atoms with van der Waals surface area (Å²) in [5.74, 6) is 0.944. The lowest BCUT2D eigenvalue weighted by Crippen LogP contribution is -2.28. The van der Waals surface area contributed by atoms with Crippen molar-refractivity contribution in [2.45, 2.75) is 44.6 Å². The van der Waals surface area contributed by atoms with Crippen molar-refractivity contribution in [3.63, 3.8) is 0 Å². The largest absolute Gasteiger partial charge is 0.618 e. The van der Waals surface area contributed by atoms with Gasteiger partial charge in [-0.2, -0.15) is 4.73 Å². The predicted molar refractivity (Wildman–Crippen MR) is 95.1 cm³/mol. The fourth-order valence-corrected chi connectivity index (χ4v) is 3.40. The van der Waals surface area contributed by atoms with E-state index in [0.717, 1.165) is 21.4 Å². The first-order chi connectivity index (χ1) is 10.9. The van der Waals surface area contributed by atoms with Gasteiger partial charge in [-0.1, -0.05) is 45.9 Å². The standard InChI is InChI=1S/C19H23NO2S/c1-13(2)15-8-7-9-16(14(3)4)19(15)17(21)12-23-18-10-5-6-11-20(18)22/h5-11,13-14H,12H2,1-4H3. The molecule has 0 fully saturated rings. The molecule has 0 atom stereocenters. The molecule has 0 aliphatic heterocycles. The number of carbonyl (C=O) groups is 1. The van der Waals surface area contributed by atoms with E-state index in [0.29, 0.717) is 16.9 Å². The molecule has 2 rings (SSSR count). The van der Waals surface area contributed by atoms with Crippen molar-refractivity contribution in [1.29, 1.82) is 0 Å². The molecule has 122 valence electrons. The monoisotopic (exact) mass is 329 g/mol. The molecule has 1 heterocycles. The number of ketones is 1. The van der Waals surface area contributed by atoms with Gasteiger partial charge in [-0.25, -0.2) is 0 Å². The molecule has 1 aromatic carbocycles. The first-order valence-corrected chi connectivity index (χ1v) is 8.87. The van der Waals surface area contributed by atoms with E-state index in [1.54, 1.807) is 12.1 Å². The molecule has 4 heteroatoms. The normalized spacial score (nSPS) is 11.2. The summed E-state index contributed by atoms with van der Waals surface area (Å²) in [6.07, 6.45) is 1.45. The molecule has 0 radical (unpaired) electrons. The third-order valence-corrected chi connectivity index (χ3v) is 4.81. The molecule has 0 aliphatic carbocycles. The lowest BCUT2D eigenvalue weighted by Gasteiger charge is -2.18. The number of Topliss-reactive ketones (excluding diaryl/α,β-unsaturated/α-hetero) is 1. The van der Waals surface area contributed by atoms with Crippen LogP contribution < -0.4 is 4.73 Å². The molecule has 0 saturated heterocycles. The summed E-state index contributed by atoms with van der Waals surface area (Å²) in [4.78, 5) is 12.8. The summed E-state index contributed by atoms with van der Waals surface area (Å²) in [6.45, 7) is 8.41. The van der Waals surface area contributed by atoms with Crippen LogP contribution in [0, 0.1) is 5.21 Å². The van der Waals surface area contributed by atoms with Gasteiger partial charge in [0, 0.05) is 17.7 Å². The Bertz CT molecular complexity index is 669. The SMILES string of the molecule is CC(C)c1cccc(C(C)C)c1C(=O)CSc1cccc[n+]1[O-]. The molecular weight excluding hydrogens is 306 g/mol.